The smallest absolute Gasteiger partial charge is 0.0540 e. The highest BCUT2D eigenvalue weighted by molar-refractivity contribution is 7.26. The van der Waals surface area contributed by atoms with Gasteiger partial charge in [0.2, 0.25) is 0 Å². The van der Waals surface area contributed by atoms with Crippen LogP contribution in [-0.4, -0.2) is 0 Å². The lowest BCUT2D eigenvalue weighted by molar-refractivity contribution is 1.30. The van der Waals surface area contributed by atoms with Crippen molar-refractivity contribution in [1.82, 2.24) is 0 Å². The van der Waals surface area contributed by atoms with E-state index in [1.165, 1.54) is 64.3 Å². The second-order valence-electron chi connectivity index (χ2n) is 12.2. The predicted octanol–water partition coefficient (Wildman–Crippen LogP) is 13.7. The summed E-state index contributed by atoms with van der Waals surface area (Å²) in [7, 11) is 0. The van der Waals surface area contributed by atoms with Crippen molar-refractivity contribution in [1.29, 1.82) is 0 Å². The molecule has 8 aromatic carbocycles. The number of fused-ring (bicyclic) bond motifs is 4. The molecule has 0 aliphatic rings. The number of thiophene rings is 1. The van der Waals surface area contributed by atoms with Gasteiger partial charge in [0.1, 0.15) is 0 Å². The lowest BCUT2D eigenvalue weighted by Gasteiger charge is -2.27. The number of benzene rings is 8. The molecule has 0 bridgehead atoms. The third-order valence-electron chi connectivity index (χ3n) is 9.30. The van der Waals surface area contributed by atoms with Gasteiger partial charge in [-0.1, -0.05) is 152 Å². The van der Waals surface area contributed by atoms with Crippen LogP contribution in [0.15, 0.2) is 188 Å². The molecular formula is C46H31NS. The Balaban J connectivity index is 1.11. The molecule has 226 valence electrons. The molecule has 0 N–H and O–H groups in total. The van der Waals surface area contributed by atoms with Crippen molar-refractivity contribution in [3.05, 3.63) is 188 Å². The molecular weight excluding hydrogens is 599 g/mol. The quantitative estimate of drug-likeness (QED) is 0.177. The van der Waals surface area contributed by atoms with Gasteiger partial charge in [-0.05, 0) is 75.2 Å². The van der Waals surface area contributed by atoms with E-state index in [1.54, 1.807) is 0 Å². The lowest BCUT2D eigenvalue weighted by Crippen LogP contribution is -2.10. The summed E-state index contributed by atoms with van der Waals surface area (Å²) in [6, 6.07) is 68.0. The third kappa shape index (κ3) is 5.04. The van der Waals surface area contributed by atoms with Crippen molar-refractivity contribution in [2.75, 3.05) is 4.90 Å². The van der Waals surface area contributed by atoms with E-state index in [9.17, 15) is 0 Å². The van der Waals surface area contributed by atoms with E-state index in [2.05, 4.69) is 193 Å². The second kappa shape index (κ2) is 12.0. The van der Waals surface area contributed by atoms with E-state index >= 15 is 0 Å². The van der Waals surface area contributed by atoms with Crippen LogP contribution in [0.4, 0.5) is 17.1 Å². The van der Waals surface area contributed by atoms with Crippen molar-refractivity contribution in [2.24, 2.45) is 0 Å². The normalized spacial score (nSPS) is 11.3. The Morgan fingerprint density at radius 1 is 0.333 bits per heavy atom. The zero-order valence-electron chi connectivity index (χ0n) is 26.3. The maximum Gasteiger partial charge on any atom is 0.0540 e. The Kier molecular flexibility index (Phi) is 7.07. The number of hydrogen-bond donors (Lipinski definition) is 0. The first-order chi connectivity index (χ1) is 23.8. The van der Waals surface area contributed by atoms with Gasteiger partial charge >= 0.3 is 0 Å². The van der Waals surface area contributed by atoms with Crippen LogP contribution in [-0.2, 0) is 0 Å². The van der Waals surface area contributed by atoms with Crippen LogP contribution in [0.1, 0.15) is 0 Å². The Labute approximate surface area is 284 Å². The lowest BCUT2D eigenvalue weighted by atomic mass is 9.99. The molecule has 0 unspecified atom stereocenters. The van der Waals surface area contributed by atoms with Crippen molar-refractivity contribution in [3.63, 3.8) is 0 Å². The number of nitrogens with zero attached hydrogens (tertiary/aromatic N) is 1. The van der Waals surface area contributed by atoms with Crippen molar-refractivity contribution < 1.29 is 0 Å². The third-order valence-corrected chi connectivity index (χ3v) is 10.5. The summed E-state index contributed by atoms with van der Waals surface area (Å²) in [5.41, 5.74) is 10.8. The van der Waals surface area contributed by atoms with Crippen molar-refractivity contribution in [3.8, 4) is 33.4 Å². The predicted molar refractivity (Wildman–Crippen MR) is 208 cm³/mol. The Hall–Kier alpha value is -5.96. The molecule has 0 saturated heterocycles. The van der Waals surface area contributed by atoms with Crippen LogP contribution in [0.3, 0.4) is 0 Å². The minimum absolute atomic E-state index is 1.12. The summed E-state index contributed by atoms with van der Waals surface area (Å²) in [5.74, 6) is 0. The van der Waals surface area contributed by atoms with Gasteiger partial charge in [0, 0.05) is 36.9 Å². The first-order valence-electron chi connectivity index (χ1n) is 16.3. The fourth-order valence-electron chi connectivity index (χ4n) is 6.88. The van der Waals surface area contributed by atoms with Gasteiger partial charge in [0.05, 0.1) is 5.69 Å². The first-order valence-corrected chi connectivity index (χ1v) is 17.2. The molecule has 2 heteroatoms. The summed E-state index contributed by atoms with van der Waals surface area (Å²) in [6.07, 6.45) is 0. The molecule has 1 nitrogen and oxygen atoms in total. The van der Waals surface area contributed by atoms with Crippen LogP contribution in [0.5, 0.6) is 0 Å². The van der Waals surface area contributed by atoms with E-state index in [0.717, 1.165) is 17.1 Å². The van der Waals surface area contributed by atoms with Gasteiger partial charge in [-0.25, -0.2) is 0 Å². The minimum atomic E-state index is 1.12. The molecule has 0 aliphatic carbocycles. The van der Waals surface area contributed by atoms with Gasteiger partial charge in [-0.2, -0.15) is 0 Å². The minimum Gasteiger partial charge on any atom is -0.310 e. The van der Waals surface area contributed by atoms with Crippen molar-refractivity contribution >= 4 is 59.3 Å². The highest BCUT2D eigenvalue weighted by Gasteiger charge is 2.17. The maximum absolute atomic E-state index is 2.38. The fraction of sp³-hybridized carbons (Fsp3) is 0. The van der Waals surface area contributed by atoms with E-state index in [-0.39, 0.29) is 0 Å². The molecule has 1 heterocycles. The molecule has 48 heavy (non-hydrogen) atoms. The SMILES string of the molecule is c1ccc(-c2ccc(-c3ccc(N(c4ccc(-c5cccc6c5sc5ccccc56)cc4)c4cccc5ccccc45)cc3)cc2)cc1. The Morgan fingerprint density at radius 3 is 1.54 bits per heavy atom. The van der Waals surface area contributed by atoms with Crippen LogP contribution < -0.4 is 4.90 Å². The monoisotopic (exact) mass is 629 g/mol. The molecule has 1 aromatic heterocycles. The summed E-state index contributed by atoms with van der Waals surface area (Å²) in [5, 5.41) is 5.10. The number of anilines is 3. The highest BCUT2D eigenvalue weighted by atomic mass is 32.1. The topological polar surface area (TPSA) is 3.24 Å². The van der Waals surface area contributed by atoms with Gasteiger partial charge in [0.15, 0.2) is 0 Å². The van der Waals surface area contributed by atoms with E-state index < -0.39 is 0 Å². The van der Waals surface area contributed by atoms with Crippen LogP contribution in [0, 0.1) is 0 Å². The van der Waals surface area contributed by atoms with E-state index in [0.29, 0.717) is 0 Å². The fourth-order valence-corrected chi connectivity index (χ4v) is 8.12. The summed E-state index contributed by atoms with van der Waals surface area (Å²) >= 11 is 1.88. The van der Waals surface area contributed by atoms with Crippen LogP contribution in [0.25, 0.3) is 64.3 Å². The second-order valence-corrected chi connectivity index (χ2v) is 13.2. The largest absolute Gasteiger partial charge is 0.310 e. The first kappa shape index (κ1) is 28.3. The molecule has 0 saturated carbocycles. The van der Waals surface area contributed by atoms with Crippen LogP contribution in [0.2, 0.25) is 0 Å². The zero-order chi connectivity index (χ0) is 31.9. The van der Waals surface area contributed by atoms with Crippen molar-refractivity contribution in [2.45, 2.75) is 0 Å². The molecule has 9 rings (SSSR count). The summed E-state index contributed by atoms with van der Waals surface area (Å²) in [6.45, 7) is 0. The average Bonchev–Trinajstić information content (AvgIpc) is 3.55. The van der Waals surface area contributed by atoms with Gasteiger partial charge in [-0.3, -0.25) is 0 Å². The summed E-state index contributed by atoms with van der Waals surface area (Å²) in [4.78, 5) is 2.38. The Morgan fingerprint density at radius 2 is 0.833 bits per heavy atom. The van der Waals surface area contributed by atoms with E-state index in [4.69, 9.17) is 0 Å². The summed E-state index contributed by atoms with van der Waals surface area (Å²) < 4.78 is 2.67. The van der Waals surface area contributed by atoms with Gasteiger partial charge < -0.3 is 4.90 Å². The van der Waals surface area contributed by atoms with E-state index in [1.807, 2.05) is 11.3 Å². The average molecular weight is 630 g/mol. The molecule has 0 amide bonds. The standard InChI is InChI=1S/C46H31NS/c1-2-10-32(11-3-1)33-20-22-34(23-21-33)35-24-28-38(29-25-35)47(44-18-8-13-36-12-4-5-14-40(36)44)39-30-26-37(27-31-39)41-16-9-17-43-42-15-6-7-19-45(42)48-46(41)43/h1-31H. The maximum atomic E-state index is 2.38. The molecule has 0 atom stereocenters. The number of hydrogen-bond acceptors (Lipinski definition) is 2. The molecule has 0 fully saturated rings. The molecule has 0 radical (unpaired) electrons. The zero-order valence-corrected chi connectivity index (χ0v) is 27.1. The highest BCUT2D eigenvalue weighted by Crippen LogP contribution is 2.43. The molecule has 0 spiro atoms. The van der Waals surface area contributed by atoms with Gasteiger partial charge in [-0.15, -0.1) is 11.3 Å². The van der Waals surface area contributed by atoms with Crippen LogP contribution >= 0.6 is 11.3 Å². The van der Waals surface area contributed by atoms with Gasteiger partial charge in [0.25, 0.3) is 0 Å². The molecule has 0 aliphatic heterocycles. The Bertz CT molecular complexity index is 2520. The molecule has 9 aromatic rings. The number of rotatable bonds is 6.